The van der Waals surface area contributed by atoms with E-state index in [0.717, 1.165) is 23.1 Å². The number of benzene rings is 2. The van der Waals surface area contributed by atoms with E-state index < -0.39 is 27.0 Å². The summed E-state index contributed by atoms with van der Waals surface area (Å²) < 4.78 is 57.0. The Labute approximate surface area is 182 Å². The number of hydrogen-bond donors (Lipinski definition) is 0. The van der Waals surface area contributed by atoms with Crippen LogP contribution in [0.4, 0.5) is 8.78 Å². The quantitative estimate of drug-likeness (QED) is 0.395. The van der Waals surface area contributed by atoms with E-state index in [0.29, 0.717) is 11.3 Å². The molecule has 168 valence electrons. The molecule has 11 heteroatoms. The van der Waals surface area contributed by atoms with Crippen LogP contribution in [-0.4, -0.2) is 43.9 Å². The van der Waals surface area contributed by atoms with Crippen molar-refractivity contribution in [2.75, 3.05) is 20.0 Å². The molecule has 0 atom stereocenters. The fourth-order valence-electron chi connectivity index (χ4n) is 2.82. The molecule has 0 saturated heterocycles. The third-order valence-electron chi connectivity index (χ3n) is 4.35. The summed E-state index contributed by atoms with van der Waals surface area (Å²) in [6.45, 7) is 1.53. The lowest BCUT2D eigenvalue weighted by molar-refractivity contribution is 0.209. The molecule has 0 aliphatic rings. The van der Waals surface area contributed by atoms with Crippen LogP contribution >= 0.6 is 0 Å². The van der Waals surface area contributed by atoms with E-state index in [1.165, 1.54) is 43.6 Å². The maximum absolute atomic E-state index is 13.7. The van der Waals surface area contributed by atoms with E-state index in [2.05, 4.69) is 15.1 Å². The maximum Gasteiger partial charge on any atom is 0.314 e. The Balaban J connectivity index is 2.14. The topological polar surface area (TPSA) is 99.8 Å². The summed E-state index contributed by atoms with van der Waals surface area (Å²) in [6, 6.07) is 8.74. The van der Waals surface area contributed by atoms with Crippen LogP contribution in [0.3, 0.4) is 0 Å². The first kappa shape index (κ1) is 23.1. The zero-order chi connectivity index (χ0) is 23.5. The molecule has 2 aromatic carbocycles. The van der Waals surface area contributed by atoms with Gasteiger partial charge in [-0.3, -0.25) is 4.79 Å². The van der Waals surface area contributed by atoms with Gasteiger partial charge in [0.05, 0.1) is 22.5 Å². The van der Waals surface area contributed by atoms with E-state index in [9.17, 15) is 22.0 Å². The van der Waals surface area contributed by atoms with Crippen molar-refractivity contribution in [2.45, 2.75) is 11.8 Å². The number of ether oxygens (including phenoxy) is 1. The lowest BCUT2D eigenvalue weighted by Crippen LogP contribution is -2.25. The number of hydrogen-bond acceptors (Lipinski definition) is 7. The first-order valence-corrected chi connectivity index (χ1v) is 11.1. The minimum absolute atomic E-state index is 0.00000450. The Morgan fingerprint density at radius 3 is 2.41 bits per heavy atom. The van der Waals surface area contributed by atoms with Gasteiger partial charge < -0.3 is 9.57 Å². The van der Waals surface area contributed by atoms with Crippen molar-refractivity contribution in [3.8, 4) is 22.6 Å². The summed E-state index contributed by atoms with van der Waals surface area (Å²) in [5.74, 6) is -2.34. The highest BCUT2D eigenvalue weighted by atomic mass is 32.2. The number of sulfone groups is 1. The molecule has 0 saturated carbocycles. The number of halogens is 2. The molecule has 3 rings (SSSR count). The first-order valence-electron chi connectivity index (χ1n) is 9.19. The molecule has 3 aromatic rings. The van der Waals surface area contributed by atoms with Crippen LogP contribution in [0.5, 0.6) is 5.75 Å². The number of rotatable bonds is 7. The lowest BCUT2D eigenvalue weighted by atomic mass is 10.1. The summed E-state index contributed by atoms with van der Waals surface area (Å²) in [5, 5.41) is 7.77. The highest BCUT2D eigenvalue weighted by molar-refractivity contribution is 7.90. The number of nitrogens with zero attached hydrogens (tertiary/aromatic N) is 3. The van der Waals surface area contributed by atoms with Crippen molar-refractivity contribution in [3.63, 3.8) is 0 Å². The second kappa shape index (κ2) is 9.27. The average molecular weight is 463 g/mol. The Hall–Kier alpha value is -3.60. The van der Waals surface area contributed by atoms with E-state index in [1.54, 1.807) is 6.92 Å². The van der Waals surface area contributed by atoms with Gasteiger partial charge in [-0.2, -0.15) is 9.78 Å². The van der Waals surface area contributed by atoms with E-state index in [1.807, 2.05) is 0 Å². The van der Waals surface area contributed by atoms with Crippen LogP contribution < -0.4 is 10.3 Å². The molecular formula is C21H19F2N3O5S. The summed E-state index contributed by atoms with van der Waals surface area (Å²) in [6.07, 6.45) is 2.40. The smallest absolute Gasteiger partial charge is 0.314 e. The van der Waals surface area contributed by atoms with Gasteiger partial charge in [0.25, 0.3) is 0 Å². The van der Waals surface area contributed by atoms with E-state index in [-0.39, 0.29) is 28.5 Å². The molecule has 32 heavy (non-hydrogen) atoms. The van der Waals surface area contributed by atoms with Crippen LogP contribution in [0.15, 0.2) is 63.5 Å². The van der Waals surface area contributed by atoms with Gasteiger partial charge in [-0.25, -0.2) is 17.2 Å². The number of aromatic nitrogens is 2. The van der Waals surface area contributed by atoms with Crippen LogP contribution in [0.2, 0.25) is 0 Å². The Bertz CT molecular complexity index is 1340. The van der Waals surface area contributed by atoms with Gasteiger partial charge in [0.1, 0.15) is 13.7 Å². The fraction of sp³-hybridized carbons (Fsp3) is 0.190. The van der Waals surface area contributed by atoms with Crippen molar-refractivity contribution in [1.82, 2.24) is 9.78 Å². The molecule has 0 fully saturated rings. The minimum atomic E-state index is -3.41. The van der Waals surface area contributed by atoms with Gasteiger partial charge in [0.15, 0.2) is 27.2 Å². The largest absolute Gasteiger partial charge is 0.481 e. The van der Waals surface area contributed by atoms with Crippen molar-refractivity contribution >= 4 is 15.5 Å². The summed E-state index contributed by atoms with van der Waals surface area (Å²) in [4.78, 5) is 17.9. The highest BCUT2D eigenvalue weighted by Gasteiger charge is 2.18. The second-order valence-corrected chi connectivity index (χ2v) is 8.81. The molecule has 0 spiro atoms. The average Bonchev–Trinajstić information content (AvgIpc) is 2.74. The first-order chi connectivity index (χ1) is 15.1. The third-order valence-corrected chi connectivity index (χ3v) is 5.48. The van der Waals surface area contributed by atoms with Crippen molar-refractivity contribution in [2.24, 2.45) is 5.16 Å². The predicted octanol–water partition coefficient (Wildman–Crippen LogP) is 2.98. The monoisotopic (exact) mass is 463 g/mol. The second-order valence-electron chi connectivity index (χ2n) is 6.80. The molecule has 1 aromatic heterocycles. The van der Waals surface area contributed by atoms with Gasteiger partial charge in [0, 0.05) is 17.9 Å². The standard InChI is InChI=1S/C21H19F2N3O5S/c1-13(25-30-2)12-31-20-17(14-4-7-16(8-5-14)32(3,28)29)11-24-26(21(20)27)15-6-9-18(22)19(23)10-15/h4-11H,12H2,1-3H3/b25-13-. The predicted molar refractivity (Wildman–Crippen MR) is 114 cm³/mol. The molecule has 8 nitrogen and oxygen atoms in total. The van der Waals surface area contributed by atoms with Crippen LogP contribution in [0.25, 0.3) is 16.8 Å². The molecule has 0 aliphatic carbocycles. The maximum atomic E-state index is 13.7. The highest BCUT2D eigenvalue weighted by Crippen LogP contribution is 2.28. The van der Waals surface area contributed by atoms with Crippen molar-refractivity contribution in [1.29, 1.82) is 0 Å². The van der Waals surface area contributed by atoms with Crippen LogP contribution in [0, 0.1) is 11.6 Å². The molecular weight excluding hydrogens is 444 g/mol. The van der Waals surface area contributed by atoms with Crippen molar-refractivity contribution < 1.29 is 26.8 Å². The molecule has 0 radical (unpaired) electrons. The Morgan fingerprint density at radius 2 is 1.81 bits per heavy atom. The Kier molecular flexibility index (Phi) is 6.68. The van der Waals surface area contributed by atoms with E-state index >= 15 is 0 Å². The van der Waals surface area contributed by atoms with Crippen LogP contribution in [-0.2, 0) is 14.7 Å². The van der Waals surface area contributed by atoms with Gasteiger partial charge >= 0.3 is 5.56 Å². The minimum Gasteiger partial charge on any atom is -0.481 e. The normalized spacial score (nSPS) is 12.0. The molecule has 0 N–H and O–H groups in total. The Morgan fingerprint density at radius 1 is 1.12 bits per heavy atom. The van der Waals surface area contributed by atoms with Crippen molar-refractivity contribution in [3.05, 3.63) is 70.6 Å². The number of oxime groups is 1. The molecule has 0 amide bonds. The summed E-state index contributed by atoms with van der Waals surface area (Å²) >= 11 is 0. The molecule has 1 heterocycles. The lowest BCUT2D eigenvalue weighted by Gasteiger charge is -2.14. The molecule has 0 aliphatic heterocycles. The van der Waals surface area contributed by atoms with E-state index in [4.69, 9.17) is 4.74 Å². The van der Waals surface area contributed by atoms with Gasteiger partial charge in [-0.1, -0.05) is 17.3 Å². The summed E-state index contributed by atoms with van der Waals surface area (Å²) in [7, 11) is -2.04. The van der Waals surface area contributed by atoms with Gasteiger partial charge in [-0.05, 0) is 36.8 Å². The van der Waals surface area contributed by atoms with Gasteiger partial charge in [-0.15, -0.1) is 0 Å². The zero-order valence-corrected chi connectivity index (χ0v) is 18.2. The fourth-order valence-corrected chi connectivity index (χ4v) is 3.45. The summed E-state index contributed by atoms with van der Waals surface area (Å²) in [5.41, 5.74) is 0.447. The SMILES string of the molecule is CO/N=C(/C)COc1c(-c2ccc(S(C)(=O)=O)cc2)cnn(-c2ccc(F)c(F)c2)c1=O. The zero-order valence-electron chi connectivity index (χ0n) is 17.4. The molecule has 0 bridgehead atoms. The third kappa shape index (κ3) is 4.99. The van der Waals surface area contributed by atoms with Crippen LogP contribution in [0.1, 0.15) is 6.92 Å². The van der Waals surface area contributed by atoms with Gasteiger partial charge in [0.2, 0.25) is 0 Å². The molecule has 0 unspecified atom stereocenters.